The predicted molar refractivity (Wildman–Crippen MR) is 117 cm³/mol. The molecule has 1 aliphatic rings. The normalized spacial score (nSPS) is 13.8. The van der Waals surface area contributed by atoms with E-state index in [0.29, 0.717) is 5.02 Å². The van der Waals surface area contributed by atoms with Crippen molar-refractivity contribution in [3.63, 3.8) is 0 Å². The molecule has 3 amide bonds. The highest BCUT2D eigenvalue weighted by Crippen LogP contribution is 2.34. The number of halogens is 2. The van der Waals surface area contributed by atoms with Gasteiger partial charge >= 0.3 is 0 Å². The molecule has 0 spiro atoms. The summed E-state index contributed by atoms with van der Waals surface area (Å²) in [5.41, 5.74) is 0.995. The molecule has 8 heteroatoms. The van der Waals surface area contributed by atoms with E-state index >= 15 is 0 Å². The first-order chi connectivity index (χ1) is 15.3. The maximum Gasteiger partial charge on any atom is 0.262 e. The van der Waals surface area contributed by atoms with Crippen LogP contribution < -0.4 is 4.90 Å². The van der Waals surface area contributed by atoms with Crippen LogP contribution in [-0.4, -0.2) is 41.3 Å². The van der Waals surface area contributed by atoms with Crippen LogP contribution in [0.15, 0.2) is 66.7 Å². The highest BCUT2D eigenvalue weighted by molar-refractivity contribution is 6.30. The van der Waals surface area contributed by atoms with Gasteiger partial charge in [-0.25, -0.2) is 4.39 Å². The first-order valence-electron chi connectivity index (χ1n) is 9.73. The Morgan fingerprint density at radius 2 is 1.59 bits per heavy atom. The summed E-state index contributed by atoms with van der Waals surface area (Å²) in [7, 11) is 1.45. The maximum absolute atomic E-state index is 14.2. The summed E-state index contributed by atoms with van der Waals surface area (Å²) in [4.78, 5) is 40.2. The van der Waals surface area contributed by atoms with Gasteiger partial charge in [0.2, 0.25) is 5.91 Å². The van der Waals surface area contributed by atoms with Crippen LogP contribution in [0.4, 0.5) is 10.1 Å². The SMILES string of the molecule is CN(C(=O)CN1C(=O)c2ccccc2C1=O)c1ccc(Cl)cc1C(O)c1ccccc1F. The zero-order valence-electron chi connectivity index (χ0n) is 17.0. The van der Waals surface area contributed by atoms with Crippen LogP contribution in [0.5, 0.6) is 0 Å². The zero-order chi connectivity index (χ0) is 23.0. The highest BCUT2D eigenvalue weighted by atomic mass is 35.5. The number of rotatable bonds is 5. The lowest BCUT2D eigenvalue weighted by molar-refractivity contribution is -0.118. The Kier molecular flexibility index (Phi) is 5.78. The second-order valence-corrected chi connectivity index (χ2v) is 7.76. The van der Waals surface area contributed by atoms with Gasteiger partial charge in [-0.3, -0.25) is 19.3 Å². The van der Waals surface area contributed by atoms with Crippen molar-refractivity contribution in [2.75, 3.05) is 18.5 Å². The topological polar surface area (TPSA) is 77.9 Å². The summed E-state index contributed by atoms with van der Waals surface area (Å²) in [6.07, 6.45) is -1.39. The summed E-state index contributed by atoms with van der Waals surface area (Å²) >= 11 is 6.09. The number of amides is 3. The summed E-state index contributed by atoms with van der Waals surface area (Å²) in [5, 5.41) is 11.1. The van der Waals surface area contributed by atoms with Crippen molar-refractivity contribution in [3.8, 4) is 0 Å². The smallest absolute Gasteiger partial charge is 0.262 e. The number of nitrogens with zero attached hydrogens (tertiary/aromatic N) is 2. The fourth-order valence-electron chi connectivity index (χ4n) is 3.67. The van der Waals surface area contributed by atoms with E-state index in [2.05, 4.69) is 0 Å². The Labute approximate surface area is 188 Å². The number of benzene rings is 3. The number of likely N-dealkylation sites (N-methyl/N-ethyl adjacent to an activating group) is 1. The van der Waals surface area contributed by atoms with Gasteiger partial charge in [0.05, 0.1) is 11.1 Å². The molecular formula is C24H18ClFN2O4. The zero-order valence-corrected chi connectivity index (χ0v) is 17.7. The molecule has 32 heavy (non-hydrogen) atoms. The van der Waals surface area contributed by atoms with Crippen molar-refractivity contribution in [2.45, 2.75) is 6.10 Å². The second-order valence-electron chi connectivity index (χ2n) is 7.32. The van der Waals surface area contributed by atoms with Crippen molar-refractivity contribution in [2.24, 2.45) is 0 Å². The molecule has 3 aromatic rings. The Hall–Kier alpha value is -3.55. The van der Waals surface area contributed by atoms with E-state index in [9.17, 15) is 23.9 Å². The largest absolute Gasteiger partial charge is 0.383 e. The summed E-state index contributed by atoms with van der Waals surface area (Å²) in [6.45, 7) is -0.485. The molecule has 1 N–H and O–H groups in total. The van der Waals surface area contributed by atoms with Crippen LogP contribution >= 0.6 is 11.6 Å². The number of aliphatic hydroxyl groups is 1. The Balaban J connectivity index is 1.62. The van der Waals surface area contributed by atoms with Gasteiger partial charge in [-0.1, -0.05) is 41.9 Å². The maximum atomic E-state index is 14.2. The van der Waals surface area contributed by atoms with Gasteiger partial charge < -0.3 is 10.0 Å². The third-order valence-corrected chi connectivity index (χ3v) is 5.63. The molecule has 1 aliphatic heterocycles. The molecule has 162 valence electrons. The van der Waals surface area contributed by atoms with Crippen molar-refractivity contribution in [1.82, 2.24) is 4.90 Å². The van der Waals surface area contributed by atoms with Gasteiger partial charge in [-0.2, -0.15) is 0 Å². The van der Waals surface area contributed by atoms with Gasteiger partial charge in [-0.05, 0) is 36.4 Å². The average Bonchev–Trinajstić information content (AvgIpc) is 3.03. The van der Waals surface area contributed by atoms with Crippen LogP contribution in [0, 0.1) is 5.82 Å². The van der Waals surface area contributed by atoms with E-state index < -0.39 is 36.2 Å². The van der Waals surface area contributed by atoms with Crippen molar-refractivity contribution < 1.29 is 23.9 Å². The molecular weight excluding hydrogens is 435 g/mol. The van der Waals surface area contributed by atoms with Crippen LogP contribution in [0.1, 0.15) is 37.9 Å². The van der Waals surface area contributed by atoms with Crippen molar-refractivity contribution in [1.29, 1.82) is 0 Å². The minimum Gasteiger partial charge on any atom is -0.383 e. The number of anilines is 1. The Morgan fingerprint density at radius 3 is 2.22 bits per heavy atom. The molecule has 1 unspecified atom stereocenters. The van der Waals surface area contributed by atoms with Crippen LogP contribution in [0.3, 0.4) is 0 Å². The molecule has 3 aromatic carbocycles. The molecule has 1 atom stereocenters. The standard InChI is InChI=1S/C24H18ClFN2O4/c1-27(21(29)13-28-23(31)15-6-2-3-7-16(15)24(28)32)20-11-10-14(25)12-18(20)22(30)17-8-4-5-9-19(17)26/h2-12,22,30H,13H2,1H3. The molecule has 1 heterocycles. The lowest BCUT2D eigenvalue weighted by Gasteiger charge is -2.25. The number of carbonyl (C=O) groups is 3. The van der Waals surface area contributed by atoms with Crippen LogP contribution in [0.2, 0.25) is 5.02 Å². The first-order valence-corrected chi connectivity index (χ1v) is 10.1. The number of carbonyl (C=O) groups excluding carboxylic acids is 3. The fraction of sp³-hybridized carbons (Fsp3) is 0.125. The number of fused-ring (bicyclic) bond motifs is 1. The molecule has 0 bridgehead atoms. The van der Waals surface area contributed by atoms with Gasteiger partial charge in [-0.15, -0.1) is 0 Å². The predicted octanol–water partition coefficient (Wildman–Crippen LogP) is 3.82. The molecule has 6 nitrogen and oxygen atoms in total. The summed E-state index contributed by atoms with van der Waals surface area (Å²) < 4.78 is 14.2. The van der Waals surface area contributed by atoms with Crippen LogP contribution in [-0.2, 0) is 4.79 Å². The van der Waals surface area contributed by atoms with Gasteiger partial charge in [0.15, 0.2) is 0 Å². The van der Waals surface area contributed by atoms with E-state index in [4.69, 9.17) is 11.6 Å². The van der Waals surface area contributed by atoms with E-state index in [1.54, 1.807) is 18.2 Å². The average molecular weight is 453 g/mol. The lowest BCUT2D eigenvalue weighted by Crippen LogP contribution is -2.41. The van der Waals surface area contributed by atoms with Gasteiger partial charge in [0, 0.05) is 28.9 Å². The molecule has 4 rings (SSSR count). The Bertz CT molecular complexity index is 1210. The van der Waals surface area contributed by atoms with Gasteiger partial charge in [0.1, 0.15) is 18.5 Å². The van der Waals surface area contributed by atoms with E-state index in [1.807, 2.05) is 0 Å². The number of aliphatic hydroxyl groups excluding tert-OH is 1. The third kappa shape index (κ3) is 3.77. The summed E-state index contributed by atoms with van der Waals surface area (Å²) in [6, 6.07) is 16.6. The van der Waals surface area contributed by atoms with Gasteiger partial charge in [0.25, 0.3) is 11.8 Å². The molecule has 0 aliphatic carbocycles. The number of imide groups is 1. The minimum absolute atomic E-state index is 0.0252. The Morgan fingerprint density at radius 1 is 1.00 bits per heavy atom. The van der Waals surface area contributed by atoms with Crippen molar-refractivity contribution in [3.05, 3.63) is 99.8 Å². The fourth-order valence-corrected chi connectivity index (χ4v) is 3.85. The minimum atomic E-state index is -1.39. The number of hydrogen-bond donors (Lipinski definition) is 1. The molecule has 0 fully saturated rings. The quantitative estimate of drug-likeness (QED) is 0.597. The van der Waals surface area contributed by atoms with E-state index in [1.165, 1.54) is 60.5 Å². The van der Waals surface area contributed by atoms with E-state index in [0.717, 1.165) is 4.90 Å². The molecule has 0 aromatic heterocycles. The third-order valence-electron chi connectivity index (χ3n) is 5.39. The second kappa shape index (κ2) is 8.53. The lowest BCUT2D eigenvalue weighted by atomic mass is 9.99. The highest BCUT2D eigenvalue weighted by Gasteiger charge is 2.37. The van der Waals surface area contributed by atoms with Crippen molar-refractivity contribution >= 4 is 35.0 Å². The first kappa shape index (κ1) is 21.7. The number of hydrogen-bond acceptors (Lipinski definition) is 4. The molecule has 0 radical (unpaired) electrons. The summed E-state index contributed by atoms with van der Waals surface area (Å²) in [5.74, 6) is -2.26. The molecule has 0 saturated carbocycles. The monoisotopic (exact) mass is 452 g/mol. The van der Waals surface area contributed by atoms with Crippen LogP contribution in [0.25, 0.3) is 0 Å². The molecule has 0 saturated heterocycles. The van der Waals surface area contributed by atoms with E-state index in [-0.39, 0.29) is 27.9 Å².